The third-order valence-electron chi connectivity index (χ3n) is 4.99. The first-order valence-electron chi connectivity index (χ1n) is 9.65. The van der Waals surface area contributed by atoms with Gasteiger partial charge in [0.05, 0.1) is 18.0 Å². The lowest BCUT2D eigenvalue weighted by Crippen LogP contribution is -2.35. The summed E-state index contributed by atoms with van der Waals surface area (Å²) >= 11 is 1.46. The molecule has 0 aliphatic carbocycles. The third kappa shape index (κ3) is 4.54. The molecule has 1 aliphatic rings. The Balaban J connectivity index is 1.53. The Morgan fingerprint density at radius 2 is 1.73 bits per heavy atom. The van der Waals surface area contributed by atoms with Gasteiger partial charge in [0.2, 0.25) is 5.91 Å². The third-order valence-corrected chi connectivity index (χ3v) is 6.04. The van der Waals surface area contributed by atoms with Crippen LogP contribution in [0, 0.1) is 12.7 Å². The van der Waals surface area contributed by atoms with Crippen LogP contribution >= 0.6 is 11.8 Å². The van der Waals surface area contributed by atoms with E-state index in [1.165, 1.54) is 29.5 Å². The highest BCUT2D eigenvalue weighted by Gasteiger charge is 2.26. The van der Waals surface area contributed by atoms with Gasteiger partial charge in [-0.1, -0.05) is 42.0 Å². The lowest BCUT2D eigenvalue weighted by atomic mass is 10.1. The van der Waals surface area contributed by atoms with Crippen LogP contribution in [0.5, 0.6) is 0 Å². The maximum Gasteiger partial charge on any atom is 0.251 e. The van der Waals surface area contributed by atoms with Crippen molar-refractivity contribution >= 4 is 29.3 Å². The van der Waals surface area contributed by atoms with E-state index in [2.05, 4.69) is 5.32 Å². The van der Waals surface area contributed by atoms with E-state index < -0.39 is 0 Å². The molecule has 4 nitrogen and oxygen atoms in total. The minimum absolute atomic E-state index is 0.0333. The number of carbonyl (C=O) groups is 2. The molecule has 0 fully saturated rings. The summed E-state index contributed by atoms with van der Waals surface area (Å²) in [5.74, 6) is -0.197. The molecule has 3 aromatic rings. The quantitative estimate of drug-likeness (QED) is 0.651. The molecule has 152 valence electrons. The Morgan fingerprint density at radius 1 is 1.03 bits per heavy atom. The molecule has 2 amide bonds. The molecule has 1 aliphatic heterocycles. The number of nitrogens with one attached hydrogen (secondary N) is 1. The van der Waals surface area contributed by atoms with Crippen LogP contribution in [-0.2, 0) is 17.9 Å². The molecule has 30 heavy (non-hydrogen) atoms. The molecule has 0 radical (unpaired) electrons. The summed E-state index contributed by atoms with van der Waals surface area (Å²) in [5, 5.41) is 2.93. The maximum atomic E-state index is 13.2. The number of rotatable bonds is 5. The normalized spacial score (nSPS) is 13.1. The number of hydrogen-bond acceptors (Lipinski definition) is 3. The van der Waals surface area contributed by atoms with Crippen molar-refractivity contribution in [2.45, 2.75) is 24.9 Å². The van der Waals surface area contributed by atoms with E-state index in [4.69, 9.17) is 0 Å². The van der Waals surface area contributed by atoms with E-state index in [1.54, 1.807) is 29.2 Å². The predicted molar refractivity (Wildman–Crippen MR) is 117 cm³/mol. The largest absolute Gasteiger partial charge is 0.348 e. The van der Waals surface area contributed by atoms with E-state index in [1.807, 2.05) is 37.3 Å². The second-order valence-electron chi connectivity index (χ2n) is 7.25. The summed E-state index contributed by atoms with van der Waals surface area (Å²) < 4.78 is 13.2. The molecule has 0 saturated carbocycles. The Kier molecular flexibility index (Phi) is 5.86. The van der Waals surface area contributed by atoms with Gasteiger partial charge >= 0.3 is 0 Å². The van der Waals surface area contributed by atoms with Gasteiger partial charge in [-0.15, -0.1) is 11.8 Å². The highest BCUT2D eigenvalue weighted by atomic mass is 32.2. The van der Waals surface area contributed by atoms with E-state index in [0.29, 0.717) is 30.1 Å². The van der Waals surface area contributed by atoms with Gasteiger partial charge in [-0.25, -0.2) is 4.39 Å². The van der Waals surface area contributed by atoms with Crippen LogP contribution in [-0.4, -0.2) is 17.6 Å². The summed E-state index contributed by atoms with van der Waals surface area (Å²) in [6, 6.07) is 19.5. The number of anilines is 1. The number of aryl methyl sites for hydroxylation is 1. The van der Waals surface area contributed by atoms with Gasteiger partial charge in [0.1, 0.15) is 5.82 Å². The van der Waals surface area contributed by atoms with Crippen molar-refractivity contribution in [2.75, 3.05) is 10.7 Å². The maximum absolute atomic E-state index is 13.2. The molecular formula is C24H21FN2O2S. The topological polar surface area (TPSA) is 49.4 Å². The predicted octanol–water partition coefficient (Wildman–Crippen LogP) is 4.70. The average Bonchev–Trinajstić information content (AvgIpc) is 2.76. The van der Waals surface area contributed by atoms with Crippen molar-refractivity contribution in [1.29, 1.82) is 0 Å². The molecule has 0 aromatic heterocycles. The van der Waals surface area contributed by atoms with Crippen molar-refractivity contribution in [1.82, 2.24) is 5.32 Å². The second kappa shape index (κ2) is 8.71. The van der Waals surface area contributed by atoms with Crippen LogP contribution in [0.1, 0.15) is 27.0 Å². The van der Waals surface area contributed by atoms with Crippen LogP contribution in [0.15, 0.2) is 71.6 Å². The molecule has 0 bridgehead atoms. The van der Waals surface area contributed by atoms with Gasteiger partial charge in [0.15, 0.2) is 0 Å². The number of benzene rings is 3. The molecule has 1 heterocycles. The van der Waals surface area contributed by atoms with Gasteiger partial charge in [-0.3, -0.25) is 9.59 Å². The second-order valence-corrected chi connectivity index (χ2v) is 8.26. The Bertz CT molecular complexity index is 1080. The number of hydrogen-bond donors (Lipinski definition) is 1. The van der Waals surface area contributed by atoms with Gasteiger partial charge in [0, 0.05) is 17.0 Å². The minimum Gasteiger partial charge on any atom is -0.348 e. The van der Waals surface area contributed by atoms with Crippen molar-refractivity contribution in [3.63, 3.8) is 0 Å². The summed E-state index contributed by atoms with van der Waals surface area (Å²) in [4.78, 5) is 27.9. The molecule has 1 N–H and O–H groups in total. The number of nitrogens with zero attached hydrogens (tertiary/aromatic N) is 1. The molecular weight excluding hydrogens is 399 g/mol. The molecule has 0 spiro atoms. The summed E-state index contributed by atoms with van der Waals surface area (Å²) in [7, 11) is 0. The van der Waals surface area contributed by atoms with Gasteiger partial charge in [-0.2, -0.15) is 0 Å². The summed E-state index contributed by atoms with van der Waals surface area (Å²) in [5.41, 5.74) is 4.24. The first-order valence-corrected chi connectivity index (χ1v) is 10.6. The van der Waals surface area contributed by atoms with Gasteiger partial charge < -0.3 is 10.2 Å². The van der Waals surface area contributed by atoms with Crippen molar-refractivity contribution in [3.8, 4) is 0 Å². The molecule has 4 rings (SSSR count). The highest BCUT2D eigenvalue weighted by Crippen LogP contribution is 2.37. The SMILES string of the molecule is Cc1ccc(CNC(=O)c2ccc3c(c2)N(Cc2ccc(F)cc2)C(=O)CS3)cc1. The lowest BCUT2D eigenvalue weighted by Gasteiger charge is -2.29. The fraction of sp³-hybridized carbons (Fsp3) is 0.167. The van der Waals surface area contributed by atoms with Crippen molar-refractivity contribution < 1.29 is 14.0 Å². The van der Waals surface area contributed by atoms with E-state index >= 15 is 0 Å². The van der Waals surface area contributed by atoms with Crippen LogP contribution in [0.3, 0.4) is 0 Å². The number of fused-ring (bicyclic) bond motifs is 1. The van der Waals surface area contributed by atoms with Crippen molar-refractivity contribution in [3.05, 3.63) is 94.8 Å². The Morgan fingerprint density at radius 3 is 2.47 bits per heavy atom. The number of carbonyl (C=O) groups excluding carboxylic acids is 2. The number of amides is 2. The van der Waals surface area contributed by atoms with E-state index in [-0.39, 0.29) is 17.6 Å². The molecule has 0 atom stereocenters. The van der Waals surface area contributed by atoms with Gasteiger partial charge in [-0.05, 0) is 48.4 Å². The Labute approximate surface area is 179 Å². The summed E-state index contributed by atoms with van der Waals surface area (Å²) in [6.07, 6.45) is 0. The number of thioether (sulfide) groups is 1. The zero-order chi connectivity index (χ0) is 21.1. The Hall–Kier alpha value is -3.12. The first-order chi connectivity index (χ1) is 14.5. The van der Waals surface area contributed by atoms with Gasteiger partial charge in [0.25, 0.3) is 5.91 Å². The van der Waals surface area contributed by atoms with E-state index in [0.717, 1.165) is 16.0 Å². The molecule has 0 unspecified atom stereocenters. The summed E-state index contributed by atoms with van der Waals surface area (Å²) in [6.45, 7) is 2.79. The van der Waals surface area contributed by atoms with E-state index in [9.17, 15) is 14.0 Å². The minimum atomic E-state index is -0.313. The molecule has 0 saturated heterocycles. The standard InChI is InChI=1S/C24H21FN2O2S/c1-16-2-4-17(5-3-16)13-26-24(29)19-8-11-22-21(12-19)27(23(28)15-30-22)14-18-6-9-20(25)10-7-18/h2-12H,13-15H2,1H3,(H,26,29). The van der Waals surface area contributed by atoms with Crippen LogP contribution in [0.2, 0.25) is 0 Å². The zero-order valence-corrected chi connectivity index (χ0v) is 17.3. The highest BCUT2D eigenvalue weighted by molar-refractivity contribution is 8.00. The first kappa shape index (κ1) is 20.2. The van der Waals surface area contributed by atoms with Crippen LogP contribution < -0.4 is 10.2 Å². The zero-order valence-electron chi connectivity index (χ0n) is 16.5. The monoisotopic (exact) mass is 420 g/mol. The average molecular weight is 421 g/mol. The fourth-order valence-corrected chi connectivity index (χ4v) is 4.20. The van der Waals surface area contributed by atoms with Crippen LogP contribution in [0.4, 0.5) is 10.1 Å². The lowest BCUT2D eigenvalue weighted by molar-refractivity contribution is -0.116. The molecule has 6 heteroatoms. The van der Waals surface area contributed by atoms with Crippen LogP contribution in [0.25, 0.3) is 0 Å². The molecule has 3 aromatic carbocycles. The van der Waals surface area contributed by atoms with Crippen molar-refractivity contribution in [2.24, 2.45) is 0 Å². The smallest absolute Gasteiger partial charge is 0.251 e. The fourth-order valence-electron chi connectivity index (χ4n) is 3.28. The number of halogens is 1.